The summed E-state index contributed by atoms with van der Waals surface area (Å²) in [6, 6.07) is 0.965. The molecule has 2 aliphatic rings. The van der Waals surface area contributed by atoms with Gasteiger partial charge in [-0.1, -0.05) is 13.3 Å². The van der Waals surface area contributed by atoms with Crippen LogP contribution in [0.2, 0.25) is 0 Å². The second-order valence-electron chi connectivity index (χ2n) is 4.92. The van der Waals surface area contributed by atoms with E-state index in [9.17, 15) is 4.79 Å². The van der Waals surface area contributed by atoms with E-state index in [1.807, 2.05) is 0 Å². The largest absolute Gasteiger partial charge is 0.450 e. The molecule has 2 fully saturated rings. The molecule has 1 aliphatic carbocycles. The molecule has 1 saturated carbocycles. The van der Waals surface area contributed by atoms with Gasteiger partial charge in [-0.2, -0.15) is 0 Å². The van der Waals surface area contributed by atoms with Gasteiger partial charge >= 0.3 is 6.09 Å². The third-order valence-electron chi connectivity index (χ3n) is 3.70. The summed E-state index contributed by atoms with van der Waals surface area (Å²) in [5, 5.41) is 6.44. The van der Waals surface area contributed by atoms with Crippen LogP contribution in [-0.4, -0.2) is 31.3 Å². The Bertz CT molecular complexity index is 245. The third-order valence-corrected chi connectivity index (χ3v) is 3.70. The molecule has 4 heteroatoms. The summed E-state index contributed by atoms with van der Waals surface area (Å²) < 4.78 is 5.11. The number of ether oxygens (including phenoxy) is 1. The van der Waals surface area contributed by atoms with E-state index in [1.165, 1.54) is 19.3 Å². The molecule has 16 heavy (non-hydrogen) atoms. The lowest BCUT2D eigenvalue weighted by atomic mass is 9.95. The van der Waals surface area contributed by atoms with E-state index in [0.717, 1.165) is 19.4 Å². The minimum Gasteiger partial charge on any atom is -0.450 e. The average Bonchev–Trinajstić information content (AvgIpc) is 2.66. The molecule has 2 bridgehead atoms. The van der Waals surface area contributed by atoms with Gasteiger partial charge in [-0.25, -0.2) is 4.79 Å². The lowest BCUT2D eigenvalue weighted by molar-refractivity contribution is 0.134. The first-order valence-electron chi connectivity index (χ1n) is 6.46. The third kappa shape index (κ3) is 2.88. The standard InChI is InChI=1S/C12H22N2O2/c1-2-3-6-16-12(15)14-11-8-13-10-5-4-9(11)7-10/h9-11,13H,2-8H2,1H3,(H,14,15)/t9-,10+,11+/m1/s1. The second-order valence-corrected chi connectivity index (χ2v) is 4.92. The van der Waals surface area contributed by atoms with Gasteiger partial charge in [0.25, 0.3) is 0 Å². The Morgan fingerprint density at radius 2 is 2.38 bits per heavy atom. The summed E-state index contributed by atoms with van der Waals surface area (Å²) in [5.74, 6) is 0.657. The fraction of sp³-hybridized carbons (Fsp3) is 0.917. The Balaban J connectivity index is 1.70. The van der Waals surface area contributed by atoms with Gasteiger partial charge in [-0.3, -0.25) is 0 Å². The summed E-state index contributed by atoms with van der Waals surface area (Å²) in [7, 11) is 0. The van der Waals surface area contributed by atoms with Crippen molar-refractivity contribution in [2.24, 2.45) is 5.92 Å². The van der Waals surface area contributed by atoms with Crippen LogP contribution in [0.4, 0.5) is 4.79 Å². The number of alkyl carbamates (subject to hydrolysis) is 1. The molecule has 0 radical (unpaired) electrons. The number of amides is 1. The highest BCUT2D eigenvalue weighted by molar-refractivity contribution is 5.67. The molecule has 92 valence electrons. The zero-order valence-corrected chi connectivity index (χ0v) is 10.00. The Labute approximate surface area is 97.1 Å². The molecule has 0 aromatic heterocycles. The van der Waals surface area contributed by atoms with E-state index >= 15 is 0 Å². The summed E-state index contributed by atoms with van der Waals surface area (Å²) in [6.45, 7) is 3.53. The first-order valence-corrected chi connectivity index (χ1v) is 6.46. The maximum absolute atomic E-state index is 11.5. The van der Waals surface area contributed by atoms with Gasteiger partial charge in [-0.15, -0.1) is 0 Å². The molecule has 2 rings (SSSR count). The van der Waals surface area contributed by atoms with Crippen molar-refractivity contribution in [3.05, 3.63) is 0 Å². The van der Waals surface area contributed by atoms with Gasteiger partial charge in [0.15, 0.2) is 0 Å². The highest BCUT2D eigenvalue weighted by atomic mass is 16.5. The number of carbonyl (C=O) groups is 1. The number of hydrogen-bond donors (Lipinski definition) is 2. The summed E-state index contributed by atoms with van der Waals surface area (Å²) in [4.78, 5) is 11.5. The van der Waals surface area contributed by atoms with Crippen LogP contribution in [0.25, 0.3) is 0 Å². The number of hydrogen-bond acceptors (Lipinski definition) is 3. The quantitative estimate of drug-likeness (QED) is 0.717. The molecule has 1 amide bonds. The van der Waals surface area contributed by atoms with Crippen LogP contribution in [-0.2, 0) is 4.74 Å². The summed E-state index contributed by atoms with van der Waals surface area (Å²) in [5.41, 5.74) is 0. The van der Waals surface area contributed by atoms with Crippen molar-refractivity contribution in [1.29, 1.82) is 0 Å². The number of piperidine rings is 1. The van der Waals surface area contributed by atoms with Crippen molar-refractivity contribution in [1.82, 2.24) is 10.6 Å². The highest BCUT2D eigenvalue weighted by Gasteiger charge is 2.36. The molecule has 1 heterocycles. The van der Waals surface area contributed by atoms with Crippen LogP contribution in [0.5, 0.6) is 0 Å². The summed E-state index contributed by atoms with van der Waals surface area (Å²) in [6.07, 6.45) is 5.46. The Morgan fingerprint density at radius 3 is 3.19 bits per heavy atom. The molecule has 0 aromatic rings. The van der Waals surface area contributed by atoms with Gasteiger partial charge in [0.1, 0.15) is 0 Å². The SMILES string of the molecule is CCCCOC(=O)N[C@H]1CN[C@H]2CC[C@@H]1C2. The van der Waals surface area contributed by atoms with Crippen LogP contribution in [0.1, 0.15) is 39.0 Å². The van der Waals surface area contributed by atoms with Crippen molar-refractivity contribution >= 4 is 6.09 Å². The fourth-order valence-electron chi connectivity index (χ4n) is 2.70. The van der Waals surface area contributed by atoms with E-state index in [2.05, 4.69) is 17.6 Å². The van der Waals surface area contributed by atoms with E-state index < -0.39 is 0 Å². The van der Waals surface area contributed by atoms with Crippen molar-refractivity contribution in [3.8, 4) is 0 Å². The lowest BCUT2D eigenvalue weighted by Crippen LogP contribution is -2.51. The van der Waals surface area contributed by atoms with Crippen LogP contribution in [0.3, 0.4) is 0 Å². The molecular formula is C12H22N2O2. The predicted octanol–water partition coefficient (Wildman–Crippen LogP) is 1.65. The van der Waals surface area contributed by atoms with Crippen molar-refractivity contribution in [2.45, 2.75) is 51.1 Å². The van der Waals surface area contributed by atoms with Gasteiger partial charge in [0.2, 0.25) is 0 Å². The zero-order valence-electron chi connectivity index (χ0n) is 10.00. The average molecular weight is 226 g/mol. The Morgan fingerprint density at radius 1 is 1.50 bits per heavy atom. The molecule has 1 aliphatic heterocycles. The first kappa shape index (κ1) is 11.7. The van der Waals surface area contributed by atoms with Crippen molar-refractivity contribution < 1.29 is 9.53 Å². The fourth-order valence-corrected chi connectivity index (χ4v) is 2.70. The maximum Gasteiger partial charge on any atom is 0.407 e. The van der Waals surface area contributed by atoms with E-state index in [-0.39, 0.29) is 12.1 Å². The van der Waals surface area contributed by atoms with Crippen LogP contribution >= 0.6 is 0 Å². The lowest BCUT2D eigenvalue weighted by Gasteiger charge is -2.30. The van der Waals surface area contributed by atoms with Crippen molar-refractivity contribution in [3.63, 3.8) is 0 Å². The molecule has 4 nitrogen and oxygen atoms in total. The normalized spacial score (nSPS) is 32.4. The Kier molecular flexibility index (Phi) is 4.04. The van der Waals surface area contributed by atoms with Gasteiger partial charge in [-0.05, 0) is 31.6 Å². The zero-order chi connectivity index (χ0) is 11.4. The predicted molar refractivity (Wildman–Crippen MR) is 62.3 cm³/mol. The van der Waals surface area contributed by atoms with Gasteiger partial charge in [0, 0.05) is 18.6 Å². The van der Waals surface area contributed by atoms with Gasteiger partial charge < -0.3 is 15.4 Å². The monoisotopic (exact) mass is 226 g/mol. The minimum atomic E-state index is -0.245. The number of unbranched alkanes of at least 4 members (excludes halogenated alkanes) is 1. The number of rotatable bonds is 4. The molecule has 0 aromatic carbocycles. The summed E-state index contributed by atoms with van der Waals surface area (Å²) >= 11 is 0. The van der Waals surface area contributed by atoms with E-state index in [4.69, 9.17) is 4.74 Å². The minimum absolute atomic E-state index is 0.245. The number of fused-ring (bicyclic) bond motifs is 2. The first-order chi connectivity index (χ1) is 7.79. The molecule has 2 N–H and O–H groups in total. The Hall–Kier alpha value is -0.770. The van der Waals surface area contributed by atoms with Crippen LogP contribution in [0, 0.1) is 5.92 Å². The molecule has 0 unspecified atom stereocenters. The molecular weight excluding hydrogens is 204 g/mol. The second kappa shape index (κ2) is 5.53. The van der Waals surface area contributed by atoms with Crippen LogP contribution in [0.15, 0.2) is 0 Å². The van der Waals surface area contributed by atoms with Gasteiger partial charge in [0.05, 0.1) is 6.61 Å². The van der Waals surface area contributed by atoms with E-state index in [0.29, 0.717) is 18.6 Å². The number of carbonyl (C=O) groups excluding carboxylic acids is 1. The molecule has 1 saturated heterocycles. The molecule has 0 spiro atoms. The smallest absolute Gasteiger partial charge is 0.407 e. The van der Waals surface area contributed by atoms with E-state index in [1.54, 1.807) is 0 Å². The maximum atomic E-state index is 11.5. The highest BCUT2D eigenvalue weighted by Crippen LogP contribution is 2.31. The van der Waals surface area contributed by atoms with Crippen molar-refractivity contribution in [2.75, 3.05) is 13.2 Å². The molecule has 3 atom stereocenters. The topological polar surface area (TPSA) is 50.4 Å². The van der Waals surface area contributed by atoms with Crippen LogP contribution < -0.4 is 10.6 Å². The number of nitrogens with one attached hydrogen (secondary N) is 2.